The highest BCUT2D eigenvalue weighted by Crippen LogP contribution is 2.09. The zero-order valence-corrected chi connectivity index (χ0v) is 10.4. The highest BCUT2D eigenvalue weighted by molar-refractivity contribution is 7.09. The van der Waals surface area contributed by atoms with Gasteiger partial charge in [0, 0.05) is 24.0 Å². The Kier molecular flexibility index (Phi) is 6.64. The van der Waals surface area contributed by atoms with Gasteiger partial charge in [-0.15, -0.1) is 11.3 Å². The summed E-state index contributed by atoms with van der Waals surface area (Å²) in [5, 5.41) is 5.63. The summed E-state index contributed by atoms with van der Waals surface area (Å²) in [6.07, 6.45) is 5.09. The number of nitrogens with two attached hydrogens (primary N) is 1. The topological polar surface area (TPSA) is 38.0 Å². The monoisotopic (exact) mass is 226 g/mol. The molecule has 1 rings (SSSR count). The average Bonchev–Trinajstić information content (AvgIpc) is 2.76. The van der Waals surface area contributed by atoms with Gasteiger partial charge in [0.25, 0.3) is 0 Å². The summed E-state index contributed by atoms with van der Waals surface area (Å²) in [6.45, 7) is 3.94. The molecule has 0 aliphatic heterocycles. The number of nitrogens with one attached hydrogen (secondary N) is 1. The van der Waals surface area contributed by atoms with Crippen molar-refractivity contribution in [2.75, 3.05) is 6.54 Å². The number of rotatable bonds is 8. The van der Waals surface area contributed by atoms with Crippen molar-refractivity contribution in [1.82, 2.24) is 5.32 Å². The molecule has 0 saturated heterocycles. The van der Waals surface area contributed by atoms with Crippen molar-refractivity contribution in [1.29, 1.82) is 0 Å². The van der Waals surface area contributed by atoms with E-state index in [1.165, 1.54) is 30.6 Å². The second kappa shape index (κ2) is 7.85. The molecule has 0 amide bonds. The van der Waals surface area contributed by atoms with Crippen LogP contribution in [0.4, 0.5) is 0 Å². The highest BCUT2D eigenvalue weighted by Gasteiger charge is 2.05. The molecule has 0 radical (unpaired) electrons. The Bertz CT molecular complexity index is 234. The van der Waals surface area contributed by atoms with Gasteiger partial charge in [0.05, 0.1) is 0 Å². The molecule has 0 bridgehead atoms. The third-order valence-corrected chi connectivity index (χ3v) is 3.46. The van der Waals surface area contributed by atoms with Gasteiger partial charge in [0.15, 0.2) is 0 Å². The molecule has 0 aliphatic carbocycles. The van der Waals surface area contributed by atoms with Gasteiger partial charge in [0.1, 0.15) is 0 Å². The van der Waals surface area contributed by atoms with Crippen molar-refractivity contribution in [3.05, 3.63) is 22.4 Å². The lowest BCUT2D eigenvalue weighted by atomic mass is 10.1. The van der Waals surface area contributed by atoms with E-state index in [9.17, 15) is 0 Å². The van der Waals surface area contributed by atoms with Crippen molar-refractivity contribution >= 4 is 11.3 Å². The molecule has 1 heterocycles. The summed E-state index contributed by atoms with van der Waals surface area (Å²) >= 11 is 1.80. The van der Waals surface area contributed by atoms with Crippen LogP contribution in [-0.2, 0) is 6.54 Å². The maximum Gasteiger partial charge on any atom is 0.0302 e. The molecule has 0 spiro atoms. The van der Waals surface area contributed by atoms with Crippen LogP contribution in [0.5, 0.6) is 0 Å². The lowest BCUT2D eigenvalue weighted by Gasteiger charge is -2.15. The van der Waals surface area contributed by atoms with Crippen LogP contribution in [-0.4, -0.2) is 12.6 Å². The summed E-state index contributed by atoms with van der Waals surface area (Å²) in [5.74, 6) is 0. The third kappa shape index (κ3) is 5.30. The van der Waals surface area contributed by atoms with Gasteiger partial charge >= 0.3 is 0 Å². The van der Waals surface area contributed by atoms with Crippen LogP contribution in [0.2, 0.25) is 0 Å². The minimum Gasteiger partial charge on any atom is -0.329 e. The van der Waals surface area contributed by atoms with Gasteiger partial charge in [-0.25, -0.2) is 0 Å². The van der Waals surface area contributed by atoms with Crippen molar-refractivity contribution in [2.45, 2.75) is 45.2 Å². The first-order chi connectivity index (χ1) is 7.36. The van der Waals surface area contributed by atoms with E-state index in [1.54, 1.807) is 11.3 Å². The van der Waals surface area contributed by atoms with Crippen molar-refractivity contribution in [3.8, 4) is 0 Å². The fourth-order valence-electron chi connectivity index (χ4n) is 1.60. The van der Waals surface area contributed by atoms with Gasteiger partial charge in [0.2, 0.25) is 0 Å². The van der Waals surface area contributed by atoms with Crippen LogP contribution in [0, 0.1) is 0 Å². The smallest absolute Gasteiger partial charge is 0.0302 e. The molecule has 2 nitrogen and oxygen atoms in total. The van der Waals surface area contributed by atoms with Crippen LogP contribution >= 0.6 is 11.3 Å². The summed E-state index contributed by atoms with van der Waals surface area (Å²) in [7, 11) is 0. The van der Waals surface area contributed by atoms with E-state index < -0.39 is 0 Å². The molecule has 0 aliphatic rings. The molecule has 3 N–H and O–H groups in total. The predicted molar refractivity (Wildman–Crippen MR) is 68.1 cm³/mol. The molecule has 86 valence electrons. The molecule has 0 saturated carbocycles. The molecule has 1 unspecified atom stereocenters. The van der Waals surface area contributed by atoms with Crippen molar-refractivity contribution in [3.63, 3.8) is 0 Å². The van der Waals surface area contributed by atoms with Gasteiger partial charge in [-0.2, -0.15) is 0 Å². The second-order valence-electron chi connectivity index (χ2n) is 3.89. The zero-order valence-electron chi connectivity index (χ0n) is 9.54. The quantitative estimate of drug-likeness (QED) is 0.669. The molecule has 15 heavy (non-hydrogen) atoms. The Morgan fingerprint density at radius 1 is 1.47 bits per heavy atom. The van der Waals surface area contributed by atoms with Crippen LogP contribution in [0.25, 0.3) is 0 Å². The largest absolute Gasteiger partial charge is 0.329 e. The molecule has 0 fully saturated rings. The number of hydrogen-bond acceptors (Lipinski definition) is 3. The molecule has 1 aromatic rings. The Morgan fingerprint density at radius 3 is 2.93 bits per heavy atom. The molecule has 0 aromatic carbocycles. The van der Waals surface area contributed by atoms with E-state index in [0.29, 0.717) is 6.04 Å². The maximum absolute atomic E-state index is 5.74. The van der Waals surface area contributed by atoms with E-state index in [0.717, 1.165) is 13.1 Å². The summed E-state index contributed by atoms with van der Waals surface area (Å²) in [6, 6.07) is 4.74. The Hall–Kier alpha value is -0.380. The van der Waals surface area contributed by atoms with Crippen LogP contribution < -0.4 is 11.1 Å². The normalized spacial score (nSPS) is 12.9. The summed E-state index contributed by atoms with van der Waals surface area (Å²) in [4.78, 5) is 1.39. The first-order valence-electron chi connectivity index (χ1n) is 5.82. The van der Waals surface area contributed by atoms with Crippen LogP contribution in [0.3, 0.4) is 0 Å². The molecule has 3 heteroatoms. The highest BCUT2D eigenvalue weighted by atomic mass is 32.1. The van der Waals surface area contributed by atoms with E-state index in [-0.39, 0.29) is 0 Å². The lowest BCUT2D eigenvalue weighted by molar-refractivity contribution is 0.466. The first kappa shape index (κ1) is 12.7. The van der Waals surface area contributed by atoms with E-state index in [1.807, 2.05) is 0 Å². The van der Waals surface area contributed by atoms with E-state index in [2.05, 4.69) is 29.8 Å². The number of unbranched alkanes of at least 4 members (excludes halogenated alkanes) is 2. The van der Waals surface area contributed by atoms with Gasteiger partial charge < -0.3 is 11.1 Å². The predicted octanol–water partition coefficient (Wildman–Crippen LogP) is 2.75. The van der Waals surface area contributed by atoms with E-state index >= 15 is 0 Å². The number of thiophene rings is 1. The second-order valence-corrected chi connectivity index (χ2v) is 4.92. The standard InChI is InChI=1S/C12H22N2S/c1-2-3-4-6-11(9-13)14-10-12-7-5-8-15-12/h5,7-8,11,14H,2-4,6,9-10,13H2,1H3. The van der Waals surface area contributed by atoms with Gasteiger partial charge in [-0.3, -0.25) is 0 Å². The molecule has 1 atom stereocenters. The Morgan fingerprint density at radius 2 is 2.33 bits per heavy atom. The van der Waals surface area contributed by atoms with E-state index in [4.69, 9.17) is 5.73 Å². The average molecular weight is 226 g/mol. The first-order valence-corrected chi connectivity index (χ1v) is 6.70. The molecular weight excluding hydrogens is 204 g/mol. The van der Waals surface area contributed by atoms with Crippen LogP contribution in [0.15, 0.2) is 17.5 Å². The Balaban J connectivity index is 2.16. The fraction of sp³-hybridized carbons (Fsp3) is 0.667. The fourth-order valence-corrected chi connectivity index (χ4v) is 2.26. The third-order valence-electron chi connectivity index (χ3n) is 2.59. The minimum absolute atomic E-state index is 0.485. The summed E-state index contributed by atoms with van der Waals surface area (Å²) in [5.41, 5.74) is 5.74. The summed E-state index contributed by atoms with van der Waals surface area (Å²) < 4.78 is 0. The van der Waals surface area contributed by atoms with Crippen molar-refractivity contribution < 1.29 is 0 Å². The van der Waals surface area contributed by atoms with Gasteiger partial charge in [-0.05, 0) is 17.9 Å². The number of hydrogen-bond donors (Lipinski definition) is 2. The van der Waals surface area contributed by atoms with Gasteiger partial charge in [-0.1, -0.05) is 32.3 Å². The molecular formula is C12H22N2S. The Labute approximate surface area is 96.9 Å². The maximum atomic E-state index is 5.74. The van der Waals surface area contributed by atoms with Crippen molar-refractivity contribution in [2.24, 2.45) is 5.73 Å². The molecule has 1 aromatic heterocycles. The lowest BCUT2D eigenvalue weighted by Crippen LogP contribution is -2.35. The minimum atomic E-state index is 0.485. The SMILES string of the molecule is CCCCCC(CN)NCc1cccs1. The van der Waals surface area contributed by atoms with Crippen LogP contribution in [0.1, 0.15) is 37.5 Å². The zero-order chi connectivity index (χ0) is 10.9.